The summed E-state index contributed by atoms with van der Waals surface area (Å²) in [5, 5.41) is 0. The Morgan fingerprint density at radius 3 is 2.60 bits per heavy atom. The number of benzene rings is 1. The van der Waals surface area contributed by atoms with Gasteiger partial charge < -0.3 is 10.5 Å². The Kier molecular flexibility index (Phi) is 5.78. The standard InChI is InChI=1S/C20H25F2NO2/c1-5-25-17(24)11-16(23)18-19(21)13(3)10-15(20(18,4)22)14-9-7-6-8-12(14)2/h6-10,16,18H,5,11,23H2,1-4H3. The molecule has 1 aromatic carbocycles. The van der Waals surface area contributed by atoms with E-state index in [1.165, 1.54) is 13.0 Å². The highest BCUT2D eigenvalue weighted by molar-refractivity contribution is 5.79. The molecule has 0 spiro atoms. The van der Waals surface area contributed by atoms with Gasteiger partial charge in [-0.05, 0) is 56.0 Å². The van der Waals surface area contributed by atoms with Crippen LogP contribution in [0.25, 0.3) is 5.57 Å². The monoisotopic (exact) mass is 349 g/mol. The summed E-state index contributed by atoms with van der Waals surface area (Å²) >= 11 is 0. The molecule has 1 aromatic rings. The van der Waals surface area contributed by atoms with Gasteiger partial charge in [-0.3, -0.25) is 4.79 Å². The van der Waals surface area contributed by atoms with Crippen molar-refractivity contribution in [2.24, 2.45) is 11.7 Å². The fraction of sp³-hybridized carbons (Fsp3) is 0.450. The van der Waals surface area contributed by atoms with Crippen molar-refractivity contribution in [2.45, 2.75) is 45.8 Å². The van der Waals surface area contributed by atoms with E-state index in [0.29, 0.717) is 16.7 Å². The van der Waals surface area contributed by atoms with Gasteiger partial charge in [-0.15, -0.1) is 0 Å². The molecule has 136 valence electrons. The van der Waals surface area contributed by atoms with Gasteiger partial charge in [-0.25, -0.2) is 8.78 Å². The van der Waals surface area contributed by atoms with Crippen LogP contribution in [0.4, 0.5) is 8.78 Å². The number of hydrogen-bond acceptors (Lipinski definition) is 3. The van der Waals surface area contributed by atoms with Crippen molar-refractivity contribution >= 4 is 11.5 Å². The van der Waals surface area contributed by atoms with Gasteiger partial charge >= 0.3 is 5.97 Å². The number of halogens is 2. The highest BCUT2D eigenvalue weighted by Gasteiger charge is 2.48. The first kappa shape index (κ1) is 19.3. The third-order valence-corrected chi connectivity index (χ3v) is 4.69. The average Bonchev–Trinajstić information content (AvgIpc) is 2.51. The fourth-order valence-corrected chi connectivity index (χ4v) is 3.41. The van der Waals surface area contributed by atoms with Crippen LogP contribution in [0, 0.1) is 12.8 Å². The van der Waals surface area contributed by atoms with E-state index in [4.69, 9.17) is 10.5 Å². The van der Waals surface area contributed by atoms with E-state index in [9.17, 15) is 9.18 Å². The summed E-state index contributed by atoms with van der Waals surface area (Å²) in [6, 6.07) is 6.35. The third kappa shape index (κ3) is 3.82. The SMILES string of the molecule is CCOC(=O)CC(N)C1C(F)=C(C)C=C(c2ccccc2C)C1(C)F. The Hall–Kier alpha value is -2.01. The summed E-state index contributed by atoms with van der Waals surface area (Å²) in [5.74, 6) is -2.40. The van der Waals surface area contributed by atoms with Crippen molar-refractivity contribution in [1.82, 2.24) is 0 Å². The molecule has 0 aromatic heterocycles. The number of esters is 1. The maximum Gasteiger partial charge on any atom is 0.307 e. The van der Waals surface area contributed by atoms with Crippen LogP contribution >= 0.6 is 0 Å². The number of carbonyl (C=O) groups is 1. The molecule has 25 heavy (non-hydrogen) atoms. The molecule has 0 radical (unpaired) electrons. The summed E-state index contributed by atoms with van der Waals surface area (Å²) in [4.78, 5) is 11.7. The van der Waals surface area contributed by atoms with Gasteiger partial charge in [0.15, 0.2) is 0 Å². The molecule has 2 N–H and O–H groups in total. The lowest BCUT2D eigenvalue weighted by molar-refractivity contribution is -0.143. The van der Waals surface area contributed by atoms with Crippen LogP contribution in [0.5, 0.6) is 0 Å². The molecule has 0 aliphatic heterocycles. The fourth-order valence-electron chi connectivity index (χ4n) is 3.41. The molecule has 3 nitrogen and oxygen atoms in total. The van der Waals surface area contributed by atoms with E-state index in [1.807, 2.05) is 31.2 Å². The largest absolute Gasteiger partial charge is 0.466 e. The molecule has 0 heterocycles. The number of nitrogens with two attached hydrogens (primary N) is 1. The number of ether oxygens (including phenoxy) is 1. The third-order valence-electron chi connectivity index (χ3n) is 4.69. The lowest BCUT2D eigenvalue weighted by Gasteiger charge is -2.39. The molecular formula is C20H25F2NO2. The number of aryl methyl sites for hydroxylation is 1. The molecule has 0 bridgehead atoms. The van der Waals surface area contributed by atoms with Crippen LogP contribution in [0.2, 0.25) is 0 Å². The van der Waals surface area contributed by atoms with Crippen LogP contribution in [0.1, 0.15) is 38.3 Å². The first-order valence-corrected chi connectivity index (χ1v) is 8.44. The van der Waals surface area contributed by atoms with Gasteiger partial charge in [0.1, 0.15) is 11.5 Å². The minimum absolute atomic E-state index is 0.203. The first-order valence-electron chi connectivity index (χ1n) is 8.44. The van der Waals surface area contributed by atoms with Crippen LogP contribution in [-0.2, 0) is 9.53 Å². The predicted molar refractivity (Wildman–Crippen MR) is 95.2 cm³/mol. The van der Waals surface area contributed by atoms with Gasteiger partial charge in [-0.1, -0.05) is 24.3 Å². The molecule has 5 heteroatoms. The predicted octanol–water partition coefficient (Wildman–Crippen LogP) is 4.26. The lowest BCUT2D eigenvalue weighted by Crippen LogP contribution is -2.47. The molecule has 0 saturated heterocycles. The van der Waals surface area contributed by atoms with Crippen molar-refractivity contribution in [3.8, 4) is 0 Å². The molecule has 0 amide bonds. The van der Waals surface area contributed by atoms with E-state index in [1.54, 1.807) is 13.8 Å². The first-order chi connectivity index (χ1) is 11.7. The van der Waals surface area contributed by atoms with Gasteiger partial charge in [-0.2, -0.15) is 0 Å². The van der Waals surface area contributed by atoms with Crippen molar-refractivity contribution in [2.75, 3.05) is 6.61 Å². The minimum atomic E-state index is -2.04. The van der Waals surface area contributed by atoms with E-state index in [2.05, 4.69) is 0 Å². The molecule has 0 fully saturated rings. The summed E-state index contributed by atoms with van der Waals surface area (Å²) in [5.41, 5.74) is 6.33. The highest BCUT2D eigenvalue weighted by Crippen LogP contribution is 2.47. The molecule has 1 aliphatic rings. The molecule has 1 aliphatic carbocycles. The molecule has 0 saturated carbocycles. The molecular weight excluding hydrogens is 324 g/mol. The van der Waals surface area contributed by atoms with Gasteiger partial charge in [0.2, 0.25) is 0 Å². The van der Waals surface area contributed by atoms with Crippen LogP contribution in [-0.4, -0.2) is 24.3 Å². The number of rotatable bonds is 5. The van der Waals surface area contributed by atoms with E-state index in [0.717, 1.165) is 5.56 Å². The summed E-state index contributed by atoms with van der Waals surface area (Å²) in [6.07, 6.45) is 1.30. The van der Waals surface area contributed by atoms with Gasteiger partial charge in [0.05, 0.1) is 18.9 Å². The normalized spacial score (nSPS) is 24.8. The number of carbonyl (C=O) groups excluding carboxylic acids is 1. The highest BCUT2D eigenvalue weighted by atomic mass is 19.2. The molecule has 2 rings (SSSR count). The Labute approximate surface area is 147 Å². The van der Waals surface area contributed by atoms with Crippen molar-refractivity contribution in [3.05, 3.63) is 52.9 Å². The van der Waals surface area contributed by atoms with Gasteiger partial charge in [0, 0.05) is 6.04 Å². The zero-order valence-electron chi connectivity index (χ0n) is 15.1. The van der Waals surface area contributed by atoms with E-state index >= 15 is 4.39 Å². The molecule has 3 atom stereocenters. The van der Waals surface area contributed by atoms with Crippen molar-refractivity contribution < 1.29 is 18.3 Å². The Morgan fingerprint density at radius 1 is 1.36 bits per heavy atom. The second-order valence-electron chi connectivity index (χ2n) is 6.63. The topological polar surface area (TPSA) is 52.3 Å². The summed E-state index contributed by atoms with van der Waals surface area (Å²) in [6.45, 7) is 6.67. The minimum Gasteiger partial charge on any atom is -0.466 e. The zero-order valence-corrected chi connectivity index (χ0v) is 15.1. The average molecular weight is 349 g/mol. The number of allylic oxidation sites excluding steroid dienone is 3. The maximum absolute atomic E-state index is 15.8. The maximum atomic E-state index is 15.8. The second-order valence-corrected chi connectivity index (χ2v) is 6.63. The van der Waals surface area contributed by atoms with Crippen LogP contribution in [0.15, 0.2) is 41.7 Å². The summed E-state index contributed by atoms with van der Waals surface area (Å²) in [7, 11) is 0. The lowest BCUT2D eigenvalue weighted by atomic mass is 9.71. The zero-order chi connectivity index (χ0) is 18.8. The smallest absolute Gasteiger partial charge is 0.307 e. The number of alkyl halides is 1. The Balaban J connectivity index is 2.45. The second kappa shape index (κ2) is 7.48. The number of hydrogen-bond donors (Lipinski definition) is 1. The van der Waals surface area contributed by atoms with Crippen molar-refractivity contribution in [3.63, 3.8) is 0 Å². The van der Waals surface area contributed by atoms with Crippen LogP contribution in [0.3, 0.4) is 0 Å². The summed E-state index contributed by atoms with van der Waals surface area (Å²) < 4.78 is 35.4. The van der Waals surface area contributed by atoms with Gasteiger partial charge in [0.25, 0.3) is 0 Å². The quantitative estimate of drug-likeness (QED) is 0.808. The Morgan fingerprint density at radius 2 is 2.00 bits per heavy atom. The van der Waals surface area contributed by atoms with Crippen LogP contribution < -0.4 is 5.73 Å². The Bertz CT molecular complexity index is 722. The van der Waals surface area contributed by atoms with E-state index < -0.39 is 29.4 Å². The van der Waals surface area contributed by atoms with Crippen molar-refractivity contribution in [1.29, 1.82) is 0 Å². The molecule has 3 unspecified atom stereocenters. The van der Waals surface area contributed by atoms with E-state index in [-0.39, 0.29) is 13.0 Å².